The van der Waals surface area contributed by atoms with Gasteiger partial charge in [-0.2, -0.15) is 0 Å². The lowest BCUT2D eigenvalue weighted by Gasteiger charge is -2.29. The molecule has 0 saturated carbocycles. The first-order chi connectivity index (χ1) is 12.6. The molecule has 0 fully saturated rings. The van der Waals surface area contributed by atoms with Gasteiger partial charge in [-0.05, 0) is 41.8 Å². The first-order valence-corrected chi connectivity index (χ1v) is 8.44. The van der Waals surface area contributed by atoms with E-state index in [9.17, 15) is 10.1 Å². The lowest BCUT2D eigenvalue weighted by molar-refractivity contribution is -0.384. The monoisotopic (exact) mass is 394 g/mol. The zero-order valence-corrected chi connectivity index (χ0v) is 16.2. The molecule has 1 aliphatic heterocycles. The van der Waals surface area contributed by atoms with Gasteiger partial charge in [0.2, 0.25) is 0 Å². The normalized spacial score (nSPS) is 13.3. The van der Waals surface area contributed by atoms with Crippen molar-refractivity contribution in [3.05, 3.63) is 57.6 Å². The van der Waals surface area contributed by atoms with Crippen LogP contribution in [-0.2, 0) is 13.0 Å². The van der Waals surface area contributed by atoms with Crippen LogP contribution in [0.1, 0.15) is 11.1 Å². The summed E-state index contributed by atoms with van der Waals surface area (Å²) >= 11 is 0. The van der Waals surface area contributed by atoms with E-state index in [1.54, 1.807) is 26.4 Å². The molecule has 7 nitrogen and oxygen atoms in total. The van der Waals surface area contributed by atoms with Crippen molar-refractivity contribution < 1.29 is 19.1 Å². The maximum Gasteiger partial charge on any atom is 0.269 e. The highest BCUT2D eigenvalue weighted by Crippen LogP contribution is 2.33. The van der Waals surface area contributed by atoms with Crippen molar-refractivity contribution in [1.82, 2.24) is 4.90 Å². The quantitative estimate of drug-likeness (QED) is 0.528. The van der Waals surface area contributed by atoms with E-state index in [-0.39, 0.29) is 18.1 Å². The molecule has 0 unspecified atom stereocenters. The van der Waals surface area contributed by atoms with Gasteiger partial charge in [0, 0.05) is 31.8 Å². The summed E-state index contributed by atoms with van der Waals surface area (Å²) in [7, 11) is 3.29. The molecule has 3 rings (SSSR count). The van der Waals surface area contributed by atoms with Gasteiger partial charge in [0.15, 0.2) is 11.5 Å². The second-order valence-corrected chi connectivity index (χ2v) is 6.10. The number of nitro groups is 1. The molecular formula is C19H23ClN2O5. The van der Waals surface area contributed by atoms with Crippen LogP contribution in [0.2, 0.25) is 0 Å². The fourth-order valence-electron chi connectivity index (χ4n) is 3.09. The number of fused-ring (bicyclic) bond motifs is 1. The van der Waals surface area contributed by atoms with Crippen LogP contribution in [0.3, 0.4) is 0 Å². The molecular weight excluding hydrogens is 372 g/mol. The van der Waals surface area contributed by atoms with Gasteiger partial charge in [0.05, 0.1) is 19.1 Å². The van der Waals surface area contributed by atoms with Crippen LogP contribution in [0.25, 0.3) is 0 Å². The van der Waals surface area contributed by atoms with E-state index in [1.165, 1.54) is 23.3 Å². The summed E-state index contributed by atoms with van der Waals surface area (Å²) in [6.07, 6.45) is 0.952. The maximum absolute atomic E-state index is 10.7. The molecule has 146 valence electrons. The Kier molecular flexibility index (Phi) is 7.27. The van der Waals surface area contributed by atoms with Gasteiger partial charge in [-0.1, -0.05) is 0 Å². The Balaban J connectivity index is 0.00000261. The molecule has 0 bridgehead atoms. The lowest BCUT2D eigenvalue weighted by atomic mass is 9.99. The van der Waals surface area contributed by atoms with E-state index in [2.05, 4.69) is 11.0 Å². The minimum absolute atomic E-state index is 0. The Labute approximate surface area is 164 Å². The highest BCUT2D eigenvalue weighted by molar-refractivity contribution is 5.85. The number of methoxy groups -OCH3 is 2. The fraction of sp³-hybridized carbons (Fsp3) is 0.368. The van der Waals surface area contributed by atoms with Crippen LogP contribution in [0, 0.1) is 10.1 Å². The van der Waals surface area contributed by atoms with Gasteiger partial charge in [-0.25, -0.2) is 0 Å². The number of hydrogen-bond donors (Lipinski definition) is 0. The first-order valence-electron chi connectivity index (χ1n) is 8.44. The number of hydrogen-bond acceptors (Lipinski definition) is 6. The molecule has 0 spiro atoms. The van der Waals surface area contributed by atoms with Crippen molar-refractivity contribution in [1.29, 1.82) is 0 Å². The molecule has 0 saturated heterocycles. The fourth-order valence-corrected chi connectivity index (χ4v) is 3.09. The zero-order chi connectivity index (χ0) is 18.5. The second kappa shape index (κ2) is 9.43. The van der Waals surface area contributed by atoms with Crippen molar-refractivity contribution in [3.63, 3.8) is 0 Å². The Hall–Kier alpha value is -2.51. The van der Waals surface area contributed by atoms with Gasteiger partial charge in [-0.15, -0.1) is 12.4 Å². The van der Waals surface area contributed by atoms with Gasteiger partial charge < -0.3 is 14.2 Å². The molecule has 1 heterocycles. The number of ether oxygens (including phenoxy) is 3. The molecule has 27 heavy (non-hydrogen) atoms. The lowest BCUT2D eigenvalue weighted by Crippen LogP contribution is -2.33. The maximum atomic E-state index is 10.7. The Bertz CT molecular complexity index is 782. The summed E-state index contributed by atoms with van der Waals surface area (Å²) in [6, 6.07) is 10.2. The number of nitro benzene ring substituents is 1. The Morgan fingerprint density at radius 1 is 1.07 bits per heavy atom. The first kappa shape index (κ1) is 20.8. The smallest absolute Gasteiger partial charge is 0.269 e. The molecule has 8 heteroatoms. The van der Waals surface area contributed by atoms with Gasteiger partial charge >= 0.3 is 0 Å². The minimum Gasteiger partial charge on any atom is -0.493 e. The van der Waals surface area contributed by atoms with Crippen LogP contribution >= 0.6 is 12.4 Å². The molecule has 0 radical (unpaired) electrons. The summed E-state index contributed by atoms with van der Waals surface area (Å²) in [5.41, 5.74) is 2.59. The van der Waals surface area contributed by atoms with E-state index in [0.717, 1.165) is 37.6 Å². The number of nitrogens with zero attached hydrogens (tertiary/aromatic N) is 2. The van der Waals surface area contributed by atoms with Crippen molar-refractivity contribution >= 4 is 18.1 Å². The summed E-state index contributed by atoms with van der Waals surface area (Å²) in [5.74, 6) is 2.15. The largest absolute Gasteiger partial charge is 0.493 e. The number of halogens is 1. The van der Waals surface area contributed by atoms with Crippen molar-refractivity contribution in [2.45, 2.75) is 13.0 Å². The highest BCUT2D eigenvalue weighted by Gasteiger charge is 2.19. The Morgan fingerprint density at radius 3 is 2.30 bits per heavy atom. The van der Waals surface area contributed by atoms with E-state index >= 15 is 0 Å². The Morgan fingerprint density at radius 2 is 1.70 bits per heavy atom. The van der Waals surface area contributed by atoms with Crippen LogP contribution < -0.4 is 14.2 Å². The summed E-state index contributed by atoms with van der Waals surface area (Å²) in [6.45, 7) is 3.09. The van der Waals surface area contributed by atoms with E-state index in [1.807, 2.05) is 6.07 Å². The molecule has 0 N–H and O–H groups in total. The average molecular weight is 395 g/mol. The molecule has 0 aromatic heterocycles. The molecule has 0 aliphatic carbocycles. The number of rotatable bonds is 7. The van der Waals surface area contributed by atoms with Gasteiger partial charge in [-0.3, -0.25) is 15.0 Å². The van der Waals surface area contributed by atoms with Crippen LogP contribution in [-0.4, -0.2) is 43.7 Å². The predicted molar refractivity (Wildman–Crippen MR) is 104 cm³/mol. The highest BCUT2D eigenvalue weighted by atomic mass is 35.5. The molecule has 2 aromatic rings. The predicted octanol–water partition coefficient (Wildman–Crippen LogP) is 3.47. The summed E-state index contributed by atoms with van der Waals surface area (Å²) in [4.78, 5) is 12.6. The van der Waals surface area contributed by atoms with E-state index in [4.69, 9.17) is 14.2 Å². The molecule has 1 aliphatic rings. The molecule has 2 aromatic carbocycles. The van der Waals surface area contributed by atoms with Gasteiger partial charge in [0.25, 0.3) is 5.69 Å². The van der Waals surface area contributed by atoms with E-state index in [0.29, 0.717) is 12.4 Å². The second-order valence-electron chi connectivity index (χ2n) is 6.10. The molecule has 0 amide bonds. The van der Waals surface area contributed by atoms with E-state index < -0.39 is 4.92 Å². The molecule has 0 atom stereocenters. The standard InChI is InChI=1S/C19H22N2O5.ClH/c1-24-18-11-14-7-8-20(13-15(14)12-19(18)25-2)9-10-26-17-5-3-16(4-6-17)21(22)23;/h3-6,11-12H,7-10,13H2,1-2H3;1H. The third kappa shape index (κ3) is 5.02. The summed E-state index contributed by atoms with van der Waals surface area (Å²) in [5, 5.41) is 10.7. The van der Waals surface area contributed by atoms with Crippen LogP contribution in [0.4, 0.5) is 5.69 Å². The number of benzene rings is 2. The zero-order valence-electron chi connectivity index (χ0n) is 15.3. The minimum atomic E-state index is -0.418. The van der Waals surface area contributed by atoms with Gasteiger partial charge in [0.1, 0.15) is 12.4 Å². The van der Waals surface area contributed by atoms with Crippen LogP contribution in [0.5, 0.6) is 17.2 Å². The van der Waals surface area contributed by atoms with Crippen molar-refractivity contribution in [2.24, 2.45) is 0 Å². The summed E-state index contributed by atoms with van der Waals surface area (Å²) < 4.78 is 16.5. The van der Waals surface area contributed by atoms with Crippen molar-refractivity contribution in [3.8, 4) is 17.2 Å². The SMILES string of the molecule is COc1cc2c(cc1OC)CN(CCOc1ccc([N+](=O)[O-])cc1)CC2.Cl. The van der Waals surface area contributed by atoms with Crippen molar-refractivity contribution in [2.75, 3.05) is 33.9 Å². The third-order valence-corrected chi connectivity index (χ3v) is 4.52. The third-order valence-electron chi connectivity index (χ3n) is 4.52. The number of non-ortho nitro benzene ring substituents is 1. The van der Waals surface area contributed by atoms with Crippen LogP contribution in [0.15, 0.2) is 36.4 Å². The topological polar surface area (TPSA) is 74.1 Å². The average Bonchev–Trinajstić information content (AvgIpc) is 2.67.